The van der Waals surface area contributed by atoms with E-state index in [1.807, 2.05) is 0 Å². The number of rotatable bonds is 3. The highest BCUT2D eigenvalue weighted by molar-refractivity contribution is 5.26. The van der Waals surface area contributed by atoms with Crippen molar-refractivity contribution < 1.29 is 9.26 Å². The van der Waals surface area contributed by atoms with Crippen LogP contribution in [-0.4, -0.2) is 34.9 Å². The number of piperidine rings is 1. The first kappa shape index (κ1) is 14.3. The molecule has 0 bridgehead atoms. The third kappa shape index (κ3) is 3.93. The molecule has 0 amide bonds. The smallest absolute Gasteiger partial charge is 0.324 e. The van der Waals surface area contributed by atoms with Crippen LogP contribution < -0.4 is 4.90 Å². The highest BCUT2D eigenvalue weighted by Gasteiger charge is 2.26. The van der Waals surface area contributed by atoms with E-state index in [1.54, 1.807) is 0 Å². The van der Waals surface area contributed by atoms with Gasteiger partial charge in [-0.25, -0.2) is 0 Å². The SMILES string of the molecule is CC(C)c1noc(N2CCC(OC(C)(C)C)CC2)n1. The van der Waals surface area contributed by atoms with E-state index in [9.17, 15) is 0 Å². The van der Waals surface area contributed by atoms with Crippen LogP contribution in [-0.2, 0) is 4.74 Å². The van der Waals surface area contributed by atoms with E-state index in [0.717, 1.165) is 31.8 Å². The summed E-state index contributed by atoms with van der Waals surface area (Å²) in [7, 11) is 0. The second-order valence-corrected chi connectivity index (χ2v) is 6.51. The molecule has 0 N–H and O–H groups in total. The minimum atomic E-state index is -0.0673. The lowest BCUT2D eigenvalue weighted by molar-refractivity contribution is -0.0685. The van der Waals surface area contributed by atoms with Crippen LogP contribution in [0, 0.1) is 0 Å². The molecule has 0 spiro atoms. The molecule has 0 unspecified atom stereocenters. The van der Waals surface area contributed by atoms with Crippen molar-refractivity contribution >= 4 is 6.01 Å². The summed E-state index contributed by atoms with van der Waals surface area (Å²) in [5, 5.41) is 4.01. The maximum Gasteiger partial charge on any atom is 0.324 e. The third-order valence-electron chi connectivity index (χ3n) is 3.18. The summed E-state index contributed by atoms with van der Waals surface area (Å²) in [6, 6.07) is 0.651. The molecule has 5 heteroatoms. The minimum Gasteiger partial charge on any atom is -0.372 e. The van der Waals surface area contributed by atoms with E-state index >= 15 is 0 Å². The van der Waals surface area contributed by atoms with E-state index in [2.05, 4.69) is 49.7 Å². The molecule has 0 saturated carbocycles. The van der Waals surface area contributed by atoms with Gasteiger partial charge in [0.25, 0.3) is 0 Å². The predicted octanol–water partition coefficient (Wildman–Crippen LogP) is 2.98. The summed E-state index contributed by atoms with van der Waals surface area (Å²) in [5.74, 6) is 1.09. The van der Waals surface area contributed by atoms with Gasteiger partial charge in [0.2, 0.25) is 0 Å². The van der Waals surface area contributed by atoms with Gasteiger partial charge in [-0.05, 0) is 33.6 Å². The second kappa shape index (κ2) is 5.49. The second-order valence-electron chi connectivity index (χ2n) is 6.51. The number of hydrogen-bond donors (Lipinski definition) is 0. The lowest BCUT2D eigenvalue weighted by Crippen LogP contribution is -2.40. The Labute approximate surface area is 115 Å². The normalized spacial score (nSPS) is 18.3. The van der Waals surface area contributed by atoms with Gasteiger partial charge < -0.3 is 14.2 Å². The Morgan fingerprint density at radius 3 is 2.37 bits per heavy atom. The van der Waals surface area contributed by atoms with Crippen LogP contribution >= 0.6 is 0 Å². The van der Waals surface area contributed by atoms with Crippen molar-refractivity contribution in [3.05, 3.63) is 5.82 Å². The molecular weight excluding hydrogens is 242 g/mol. The van der Waals surface area contributed by atoms with Gasteiger partial charge in [0.1, 0.15) is 0 Å². The van der Waals surface area contributed by atoms with Gasteiger partial charge in [0, 0.05) is 19.0 Å². The first-order chi connectivity index (χ1) is 8.85. The van der Waals surface area contributed by atoms with Gasteiger partial charge in [-0.1, -0.05) is 19.0 Å². The molecular formula is C14H25N3O2. The van der Waals surface area contributed by atoms with Crippen molar-refractivity contribution in [1.29, 1.82) is 0 Å². The van der Waals surface area contributed by atoms with E-state index in [1.165, 1.54) is 0 Å². The van der Waals surface area contributed by atoms with Gasteiger partial charge in [0.05, 0.1) is 11.7 Å². The molecule has 5 nitrogen and oxygen atoms in total. The molecule has 0 radical (unpaired) electrons. The lowest BCUT2D eigenvalue weighted by atomic mass is 10.1. The van der Waals surface area contributed by atoms with E-state index < -0.39 is 0 Å². The first-order valence-electron chi connectivity index (χ1n) is 7.11. The maximum atomic E-state index is 6.01. The van der Waals surface area contributed by atoms with E-state index in [-0.39, 0.29) is 5.60 Å². The largest absolute Gasteiger partial charge is 0.372 e. The van der Waals surface area contributed by atoms with Crippen LogP contribution in [0.1, 0.15) is 59.2 Å². The number of anilines is 1. The van der Waals surface area contributed by atoms with Gasteiger partial charge in [-0.2, -0.15) is 4.98 Å². The number of aromatic nitrogens is 2. The summed E-state index contributed by atoms with van der Waals surface area (Å²) in [4.78, 5) is 6.59. The standard InChI is InChI=1S/C14H25N3O2/c1-10(2)12-15-13(19-16-12)17-8-6-11(7-9-17)18-14(3,4)5/h10-11H,6-9H2,1-5H3. The van der Waals surface area contributed by atoms with Crippen LogP contribution in [0.4, 0.5) is 6.01 Å². The summed E-state index contributed by atoms with van der Waals surface area (Å²) >= 11 is 0. The Bertz CT molecular complexity index is 401. The molecule has 1 aliphatic rings. The molecule has 0 atom stereocenters. The third-order valence-corrected chi connectivity index (χ3v) is 3.18. The monoisotopic (exact) mass is 267 g/mol. The molecule has 108 valence electrons. The zero-order valence-electron chi connectivity index (χ0n) is 12.6. The van der Waals surface area contributed by atoms with Crippen LogP contribution in [0.5, 0.6) is 0 Å². The highest BCUT2D eigenvalue weighted by atomic mass is 16.5. The minimum absolute atomic E-state index is 0.0673. The number of ether oxygens (including phenoxy) is 1. The highest BCUT2D eigenvalue weighted by Crippen LogP contribution is 2.24. The van der Waals surface area contributed by atoms with Crippen LogP contribution in [0.3, 0.4) is 0 Å². The molecule has 1 aliphatic heterocycles. The molecule has 19 heavy (non-hydrogen) atoms. The Hall–Kier alpha value is -1.10. The predicted molar refractivity (Wildman–Crippen MR) is 74.5 cm³/mol. The zero-order valence-corrected chi connectivity index (χ0v) is 12.6. The maximum absolute atomic E-state index is 6.01. The van der Waals surface area contributed by atoms with Crippen LogP contribution in [0.15, 0.2) is 4.52 Å². The Balaban J connectivity index is 1.89. The molecule has 1 saturated heterocycles. The van der Waals surface area contributed by atoms with Gasteiger partial charge in [-0.3, -0.25) is 0 Å². The fraction of sp³-hybridized carbons (Fsp3) is 0.857. The molecule has 1 aromatic heterocycles. The van der Waals surface area contributed by atoms with Crippen molar-refractivity contribution in [3.63, 3.8) is 0 Å². The molecule has 2 rings (SSSR count). The summed E-state index contributed by atoms with van der Waals surface area (Å²) < 4.78 is 11.3. The van der Waals surface area contributed by atoms with Crippen molar-refractivity contribution in [3.8, 4) is 0 Å². The Morgan fingerprint density at radius 2 is 1.89 bits per heavy atom. The Morgan fingerprint density at radius 1 is 1.26 bits per heavy atom. The summed E-state index contributed by atoms with van der Waals surface area (Å²) in [6.07, 6.45) is 2.36. The first-order valence-corrected chi connectivity index (χ1v) is 7.11. The van der Waals surface area contributed by atoms with Crippen molar-refractivity contribution in [2.75, 3.05) is 18.0 Å². The van der Waals surface area contributed by atoms with Crippen molar-refractivity contribution in [2.45, 2.75) is 65.1 Å². The molecule has 2 heterocycles. The molecule has 1 fully saturated rings. The topological polar surface area (TPSA) is 51.4 Å². The van der Waals surface area contributed by atoms with E-state index in [0.29, 0.717) is 18.0 Å². The van der Waals surface area contributed by atoms with Crippen LogP contribution in [0.25, 0.3) is 0 Å². The molecule has 0 aliphatic carbocycles. The van der Waals surface area contributed by atoms with Crippen molar-refractivity contribution in [1.82, 2.24) is 10.1 Å². The zero-order chi connectivity index (χ0) is 14.0. The van der Waals surface area contributed by atoms with E-state index in [4.69, 9.17) is 9.26 Å². The summed E-state index contributed by atoms with van der Waals surface area (Å²) in [6.45, 7) is 12.3. The Kier molecular flexibility index (Phi) is 4.13. The van der Waals surface area contributed by atoms with Gasteiger partial charge in [0.15, 0.2) is 5.82 Å². The average molecular weight is 267 g/mol. The lowest BCUT2D eigenvalue weighted by Gasteiger charge is -2.34. The van der Waals surface area contributed by atoms with Gasteiger partial charge in [-0.15, -0.1) is 0 Å². The average Bonchev–Trinajstić information content (AvgIpc) is 2.77. The fourth-order valence-electron chi connectivity index (χ4n) is 2.25. The van der Waals surface area contributed by atoms with Gasteiger partial charge >= 0.3 is 6.01 Å². The summed E-state index contributed by atoms with van der Waals surface area (Å²) in [5.41, 5.74) is -0.0673. The number of hydrogen-bond acceptors (Lipinski definition) is 5. The quantitative estimate of drug-likeness (QED) is 0.842. The van der Waals surface area contributed by atoms with Crippen molar-refractivity contribution in [2.24, 2.45) is 0 Å². The van der Waals surface area contributed by atoms with Crippen LogP contribution in [0.2, 0.25) is 0 Å². The molecule has 1 aromatic rings. The fourth-order valence-corrected chi connectivity index (χ4v) is 2.25. The molecule has 0 aromatic carbocycles. The number of nitrogens with zero attached hydrogens (tertiary/aromatic N) is 3.